The van der Waals surface area contributed by atoms with Crippen LogP contribution in [0, 0.1) is 0 Å². The van der Waals surface area contributed by atoms with Crippen molar-refractivity contribution in [1.82, 2.24) is 25.0 Å². The van der Waals surface area contributed by atoms with Crippen LogP contribution in [0.25, 0.3) is 0 Å². The average molecular weight is 367 g/mol. The topological polar surface area (TPSA) is 166 Å². The molecule has 3 heterocycles. The monoisotopic (exact) mass is 367 g/mol. The van der Waals surface area contributed by atoms with Gasteiger partial charge >= 0.3 is 5.69 Å². The third-order valence-corrected chi connectivity index (χ3v) is 4.36. The van der Waals surface area contributed by atoms with Crippen LogP contribution in [0.5, 0.6) is 0 Å². The molecule has 2 aromatic rings. The van der Waals surface area contributed by atoms with Crippen LogP contribution in [0.2, 0.25) is 0 Å². The highest BCUT2D eigenvalue weighted by molar-refractivity contribution is 5.23. The van der Waals surface area contributed by atoms with Crippen molar-refractivity contribution in [1.29, 1.82) is 0 Å². The Morgan fingerprint density at radius 1 is 1.27 bits per heavy atom. The van der Waals surface area contributed by atoms with Gasteiger partial charge in [-0.2, -0.15) is 0 Å². The van der Waals surface area contributed by atoms with Gasteiger partial charge in [-0.3, -0.25) is 9.78 Å². The summed E-state index contributed by atoms with van der Waals surface area (Å²) in [7, 11) is 0. The van der Waals surface area contributed by atoms with Crippen LogP contribution >= 0.6 is 0 Å². The molecular weight excluding hydrogens is 346 g/mol. The van der Waals surface area contributed by atoms with Crippen LogP contribution in [0.15, 0.2) is 15.8 Å². The Bertz CT molecular complexity index is 887. The number of aromatic nitrogens is 5. The summed E-state index contributed by atoms with van der Waals surface area (Å²) in [5, 5.41) is 37.4. The number of nitrogens with zero attached hydrogens (tertiary/aromatic N) is 3. The van der Waals surface area contributed by atoms with E-state index in [2.05, 4.69) is 20.3 Å². The maximum atomic E-state index is 12.3. The lowest BCUT2D eigenvalue weighted by Crippen LogP contribution is -2.35. The Hall–Kier alpha value is -2.34. The molecule has 26 heavy (non-hydrogen) atoms. The van der Waals surface area contributed by atoms with Gasteiger partial charge in [0.15, 0.2) is 0 Å². The van der Waals surface area contributed by atoms with E-state index in [1.54, 1.807) is 6.20 Å². The number of rotatable bonds is 5. The molecule has 0 spiro atoms. The van der Waals surface area contributed by atoms with Crippen LogP contribution in [-0.4, -0.2) is 65.2 Å². The van der Waals surface area contributed by atoms with E-state index in [0.717, 1.165) is 5.69 Å². The fraction of sp³-hybridized carbons (Fsp3) is 0.600. The summed E-state index contributed by atoms with van der Waals surface area (Å²) in [6.45, 7) is 3.40. The summed E-state index contributed by atoms with van der Waals surface area (Å²) in [4.78, 5) is 28.6. The zero-order chi connectivity index (χ0) is 19.0. The van der Waals surface area contributed by atoms with Crippen molar-refractivity contribution in [3.63, 3.8) is 0 Å². The van der Waals surface area contributed by atoms with Gasteiger partial charge in [0.05, 0.1) is 30.1 Å². The Morgan fingerprint density at radius 3 is 2.58 bits per heavy atom. The largest absolute Gasteiger partial charge is 0.394 e. The third kappa shape index (κ3) is 3.33. The third-order valence-electron chi connectivity index (χ3n) is 4.36. The van der Waals surface area contributed by atoms with Crippen molar-refractivity contribution in [3.8, 4) is 0 Å². The fourth-order valence-corrected chi connectivity index (χ4v) is 2.92. The molecule has 1 aliphatic heterocycles. The number of aromatic amines is 2. The first-order valence-corrected chi connectivity index (χ1v) is 8.19. The van der Waals surface area contributed by atoms with Crippen molar-refractivity contribution >= 4 is 0 Å². The van der Waals surface area contributed by atoms with E-state index in [9.17, 15) is 24.9 Å². The molecular formula is C15H21N5O6. The second-order valence-corrected chi connectivity index (χ2v) is 6.56. The Balaban J connectivity index is 2.00. The van der Waals surface area contributed by atoms with Crippen molar-refractivity contribution in [2.75, 3.05) is 6.61 Å². The van der Waals surface area contributed by atoms with E-state index < -0.39 is 42.3 Å². The van der Waals surface area contributed by atoms with Crippen molar-refractivity contribution in [3.05, 3.63) is 44.0 Å². The van der Waals surface area contributed by atoms with Crippen LogP contribution < -0.4 is 11.2 Å². The number of hydrogen-bond donors (Lipinski definition) is 5. The van der Waals surface area contributed by atoms with Gasteiger partial charge in [-0.1, -0.05) is 19.1 Å². The molecule has 142 valence electrons. The normalized spacial score (nSPS) is 25.9. The summed E-state index contributed by atoms with van der Waals surface area (Å²) in [5.41, 5.74) is -0.582. The van der Waals surface area contributed by atoms with Crippen LogP contribution in [0.1, 0.15) is 42.8 Å². The molecule has 0 aliphatic carbocycles. The van der Waals surface area contributed by atoms with E-state index in [-0.39, 0.29) is 23.7 Å². The first kappa shape index (κ1) is 18.5. The summed E-state index contributed by atoms with van der Waals surface area (Å²) in [6, 6.07) is 0. The summed E-state index contributed by atoms with van der Waals surface area (Å²) >= 11 is 0. The molecule has 11 nitrogen and oxygen atoms in total. The molecule has 1 fully saturated rings. The van der Waals surface area contributed by atoms with Crippen molar-refractivity contribution in [2.45, 2.75) is 50.7 Å². The number of aliphatic hydroxyl groups excluding tert-OH is 3. The van der Waals surface area contributed by atoms with Crippen molar-refractivity contribution < 1.29 is 20.1 Å². The molecule has 11 heteroatoms. The van der Waals surface area contributed by atoms with E-state index in [1.165, 1.54) is 4.68 Å². The molecule has 0 radical (unpaired) electrons. The van der Waals surface area contributed by atoms with Crippen molar-refractivity contribution in [2.24, 2.45) is 0 Å². The lowest BCUT2D eigenvalue weighted by Gasteiger charge is -2.17. The SMILES string of the molecule is CC(C)c1cn(Cc2[nH]c(=O)[nH]c(=O)c2C2OC(CO)C(O)C2O)nn1. The van der Waals surface area contributed by atoms with Gasteiger partial charge in [-0.25, -0.2) is 9.48 Å². The molecule has 0 amide bonds. The van der Waals surface area contributed by atoms with E-state index in [1.807, 2.05) is 13.8 Å². The smallest absolute Gasteiger partial charge is 0.325 e. The van der Waals surface area contributed by atoms with Gasteiger partial charge in [0.25, 0.3) is 5.56 Å². The summed E-state index contributed by atoms with van der Waals surface area (Å²) < 4.78 is 6.88. The highest BCUT2D eigenvalue weighted by atomic mass is 16.6. The van der Waals surface area contributed by atoms with Crippen LogP contribution in [0.3, 0.4) is 0 Å². The van der Waals surface area contributed by atoms with Gasteiger partial charge in [0, 0.05) is 6.20 Å². The zero-order valence-electron chi connectivity index (χ0n) is 14.3. The Kier molecular flexibility index (Phi) is 5.05. The van der Waals surface area contributed by atoms with Crippen LogP contribution in [0.4, 0.5) is 0 Å². The maximum Gasteiger partial charge on any atom is 0.325 e. The quantitative estimate of drug-likeness (QED) is 0.404. The lowest BCUT2D eigenvalue weighted by atomic mass is 10.0. The molecule has 1 saturated heterocycles. The Morgan fingerprint density at radius 2 is 2.00 bits per heavy atom. The predicted octanol–water partition coefficient (Wildman–Crippen LogP) is -2.02. The van der Waals surface area contributed by atoms with E-state index in [4.69, 9.17) is 4.74 Å². The highest BCUT2D eigenvalue weighted by Gasteiger charge is 2.45. The predicted molar refractivity (Wildman–Crippen MR) is 87.6 cm³/mol. The van der Waals surface area contributed by atoms with Gasteiger partial charge in [0.1, 0.15) is 24.4 Å². The molecule has 4 atom stereocenters. The summed E-state index contributed by atoms with van der Waals surface area (Å²) in [5.74, 6) is 0.155. The zero-order valence-corrected chi connectivity index (χ0v) is 14.3. The molecule has 0 aromatic carbocycles. The number of aliphatic hydroxyl groups is 3. The van der Waals surface area contributed by atoms with Gasteiger partial charge in [-0.05, 0) is 5.92 Å². The van der Waals surface area contributed by atoms with E-state index >= 15 is 0 Å². The minimum Gasteiger partial charge on any atom is -0.394 e. The number of ether oxygens (including phenoxy) is 1. The highest BCUT2D eigenvalue weighted by Crippen LogP contribution is 2.33. The second-order valence-electron chi connectivity index (χ2n) is 6.56. The molecule has 3 rings (SSSR count). The standard InChI is InChI=1S/C15H21N5O6/c1-6(2)7-3-20(19-18-7)4-8-10(14(24)17-15(25)16-8)13-12(23)11(22)9(5-21)26-13/h3,6,9,11-13,21-23H,4-5H2,1-2H3,(H2,16,17,24,25). The summed E-state index contributed by atoms with van der Waals surface area (Å²) in [6.07, 6.45) is -3.34. The van der Waals surface area contributed by atoms with Gasteiger partial charge in [-0.15, -0.1) is 5.10 Å². The molecule has 1 aliphatic rings. The first-order chi connectivity index (χ1) is 12.3. The number of hydrogen-bond acceptors (Lipinski definition) is 8. The molecule has 2 aromatic heterocycles. The molecule has 5 N–H and O–H groups in total. The number of nitrogens with one attached hydrogen (secondary N) is 2. The molecule has 0 bridgehead atoms. The Labute approximate surface area is 147 Å². The molecule has 4 unspecified atom stereocenters. The minimum absolute atomic E-state index is 0.0146. The lowest BCUT2D eigenvalue weighted by molar-refractivity contribution is -0.0235. The van der Waals surface area contributed by atoms with E-state index in [0.29, 0.717) is 0 Å². The average Bonchev–Trinajstić information content (AvgIpc) is 3.14. The maximum absolute atomic E-state index is 12.3. The van der Waals surface area contributed by atoms with Gasteiger partial charge in [0.2, 0.25) is 0 Å². The fourth-order valence-electron chi connectivity index (χ4n) is 2.92. The second kappa shape index (κ2) is 7.11. The van der Waals surface area contributed by atoms with Gasteiger partial charge < -0.3 is 25.0 Å². The first-order valence-electron chi connectivity index (χ1n) is 8.19. The molecule has 0 saturated carbocycles. The minimum atomic E-state index is -1.43. The van der Waals surface area contributed by atoms with Crippen LogP contribution in [-0.2, 0) is 11.3 Å². The number of H-pyrrole nitrogens is 2.